The second-order valence-electron chi connectivity index (χ2n) is 14.1. The number of nitrogens with zero attached hydrogens (tertiary/aromatic N) is 3. The maximum absolute atomic E-state index is 14.4. The van der Waals surface area contributed by atoms with E-state index in [1.807, 2.05) is 25.3 Å². The number of fused-ring (bicyclic) bond motifs is 5. The number of nitrogens with one attached hydrogen (secondary N) is 3. The summed E-state index contributed by atoms with van der Waals surface area (Å²) in [7, 11) is -3.84. The summed E-state index contributed by atoms with van der Waals surface area (Å²) in [5.74, 6) is -1.80. The maximum Gasteiger partial charge on any atom is 0.259 e. The molecule has 2 aliphatic heterocycles. The highest BCUT2D eigenvalue weighted by atomic mass is 32.2. The fourth-order valence-corrected chi connectivity index (χ4v) is 9.09. The van der Waals surface area contributed by atoms with Crippen LogP contribution in [0.1, 0.15) is 63.6 Å². The molecule has 12 nitrogen and oxygen atoms in total. The van der Waals surface area contributed by atoms with Crippen molar-refractivity contribution in [1.82, 2.24) is 24.9 Å². The lowest BCUT2D eigenvalue weighted by atomic mass is 10.0. The Hall–Kier alpha value is -4.04. The van der Waals surface area contributed by atoms with E-state index in [0.29, 0.717) is 23.9 Å². The molecule has 2 saturated carbocycles. The van der Waals surface area contributed by atoms with Crippen LogP contribution in [-0.4, -0.2) is 76.5 Å². The number of benzene rings is 1. The van der Waals surface area contributed by atoms with Gasteiger partial charge >= 0.3 is 0 Å². The SMILES string of the molecule is C=C[C@H]1C[C@]1(NC(=O)[C@@H]1C[C@@H]2CN1C(=O)[C@H](C(C)C)Nc1nc(cs1)CCCCc1ccc3ccnc(c3c1)O2)C(=O)NS(=O)(=O)C1CC1. The number of aromatic nitrogens is 2. The molecule has 3 N–H and O–H groups in total. The first-order valence-corrected chi connectivity index (χ1v) is 19.5. The van der Waals surface area contributed by atoms with Gasteiger partial charge in [0.05, 0.1) is 17.5 Å². The maximum atomic E-state index is 14.4. The molecule has 260 valence electrons. The number of aryl methyl sites for hydroxylation is 2. The molecule has 2 aromatic heterocycles. The van der Waals surface area contributed by atoms with Gasteiger partial charge in [-0.15, -0.1) is 17.9 Å². The van der Waals surface area contributed by atoms with Crippen molar-refractivity contribution in [3.8, 4) is 5.88 Å². The summed E-state index contributed by atoms with van der Waals surface area (Å²) >= 11 is 1.45. The number of anilines is 1. The first-order chi connectivity index (χ1) is 23.5. The Bertz CT molecular complexity index is 1910. The second-order valence-corrected chi connectivity index (χ2v) is 16.9. The van der Waals surface area contributed by atoms with E-state index < -0.39 is 56.7 Å². The number of rotatable bonds is 7. The minimum absolute atomic E-state index is 0.114. The van der Waals surface area contributed by atoms with E-state index in [1.165, 1.54) is 21.8 Å². The molecular formula is C35H42N6O6S2. The molecule has 0 radical (unpaired) electrons. The molecule has 3 aromatic rings. The smallest absolute Gasteiger partial charge is 0.259 e. The fraction of sp³-hybridized carbons (Fsp3) is 0.514. The average molecular weight is 707 g/mol. The summed E-state index contributed by atoms with van der Waals surface area (Å²) in [6, 6.07) is 6.53. The van der Waals surface area contributed by atoms with Gasteiger partial charge in [0.15, 0.2) is 5.13 Å². The molecule has 5 atom stereocenters. The number of hydrogen-bond donors (Lipinski definition) is 3. The van der Waals surface area contributed by atoms with E-state index in [4.69, 9.17) is 9.72 Å². The van der Waals surface area contributed by atoms with Crippen LogP contribution in [-0.2, 0) is 37.2 Å². The third kappa shape index (κ3) is 6.77. The molecule has 6 bridgehead atoms. The van der Waals surface area contributed by atoms with Gasteiger partial charge in [-0.1, -0.05) is 32.1 Å². The number of carbonyl (C=O) groups excluding carboxylic acids is 3. The zero-order valence-electron chi connectivity index (χ0n) is 27.7. The van der Waals surface area contributed by atoms with Crippen molar-refractivity contribution >= 4 is 55.0 Å². The van der Waals surface area contributed by atoms with Crippen molar-refractivity contribution in [1.29, 1.82) is 0 Å². The van der Waals surface area contributed by atoms with E-state index >= 15 is 0 Å². The molecule has 4 aliphatic rings. The molecule has 4 heterocycles. The Morgan fingerprint density at radius 2 is 2.00 bits per heavy atom. The molecule has 2 aliphatic carbocycles. The van der Waals surface area contributed by atoms with E-state index in [1.54, 1.807) is 12.3 Å². The Labute approximate surface area is 290 Å². The molecule has 3 fully saturated rings. The molecule has 0 unspecified atom stereocenters. The Morgan fingerprint density at radius 3 is 2.73 bits per heavy atom. The van der Waals surface area contributed by atoms with Crippen LogP contribution in [0.5, 0.6) is 5.88 Å². The van der Waals surface area contributed by atoms with Crippen LogP contribution < -0.4 is 20.1 Å². The minimum atomic E-state index is -3.84. The molecule has 49 heavy (non-hydrogen) atoms. The number of thiazole rings is 1. The van der Waals surface area contributed by atoms with Crippen LogP contribution in [0.25, 0.3) is 10.8 Å². The Morgan fingerprint density at radius 1 is 1.20 bits per heavy atom. The standard InChI is InChI=1S/C35H42N6O6S2/c1-4-23-17-35(23,33(44)40-49(45,46)26-11-12-26)39-30(42)28-16-25-18-41(28)32(43)29(20(2)3)38-34-37-24(19-48-34)8-6-5-7-21-9-10-22-13-14-36-31(47-25)27(22)15-21/h4,9-10,13-15,19-20,23,25-26,28-29H,1,5-8,11-12,16-18H2,2-3H3,(H,37,38)(H,39,42)(H,40,44)/t23-,25+,28-,29-,35+/m0/s1. The number of amides is 3. The summed E-state index contributed by atoms with van der Waals surface area (Å²) in [6.07, 6.45) is 7.68. The molecule has 1 aromatic carbocycles. The highest BCUT2D eigenvalue weighted by Crippen LogP contribution is 2.45. The molecule has 14 heteroatoms. The van der Waals surface area contributed by atoms with Gasteiger partial charge in [0.25, 0.3) is 5.91 Å². The second kappa shape index (κ2) is 13.0. The van der Waals surface area contributed by atoms with Gasteiger partial charge < -0.3 is 20.3 Å². The van der Waals surface area contributed by atoms with E-state index in [2.05, 4.69) is 45.1 Å². The van der Waals surface area contributed by atoms with Crippen LogP contribution in [0.3, 0.4) is 0 Å². The number of ether oxygens (including phenoxy) is 1. The Balaban J connectivity index is 1.21. The van der Waals surface area contributed by atoms with Crippen molar-refractivity contribution in [2.75, 3.05) is 11.9 Å². The van der Waals surface area contributed by atoms with Crippen molar-refractivity contribution < 1.29 is 27.5 Å². The van der Waals surface area contributed by atoms with Gasteiger partial charge in [0.2, 0.25) is 27.7 Å². The van der Waals surface area contributed by atoms with Crippen LogP contribution in [0.15, 0.2) is 48.5 Å². The number of hydrogen-bond acceptors (Lipinski definition) is 10. The lowest BCUT2D eigenvalue weighted by molar-refractivity contribution is -0.140. The minimum Gasteiger partial charge on any atom is -0.472 e. The zero-order chi connectivity index (χ0) is 34.5. The third-order valence-corrected chi connectivity index (χ3v) is 12.7. The monoisotopic (exact) mass is 706 g/mol. The largest absolute Gasteiger partial charge is 0.472 e. The highest BCUT2D eigenvalue weighted by Gasteiger charge is 2.62. The lowest BCUT2D eigenvalue weighted by Crippen LogP contribution is -2.58. The number of carbonyl (C=O) groups is 3. The summed E-state index contributed by atoms with van der Waals surface area (Å²) in [5, 5.41) is 10.1. The molecule has 7 rings (SSSR count). The van der Waals surface area contributed by atoms with E-state index in [9.17, 15) is 22.8 Å². The molecule has 0 spiro atoms. The third-order valence-electron chi connectivity index (χ3n) is 10.1. The first kappa shape index (κ1) is 33.5. The van der Waals surface area contributed by atoms with E-state index in [-0.39, 0.29) is 31.2 Å². The van der Waals surface area contributed by atoms with E-state index in [0.717, 1.165) is 42.1 Å². The molecular weight excluding hydrogens is 665 g/mol. The summed E-state index contributed by atoms with van der Waals surface area (Å²) in [5.41, 5.74) is 0.663. The first-order valence-electron chi connectivity index (χ1n) is 17.0. The van der Waals surface area contributed by atoms with Gasteiger partial charge in [-0.3, -0.25) is 19.1 Å². The average Bonchev–Trinajstić information content (AvgIpc) is 3.96. The quantitative estimate of drug-likeness (QED) is 0.311. The summed E-state index contributed by atoms with van der Waals surface area (Å²) in [6.45, 7) is 7.78. The van der Waals surface area contributed by atoms with Gasteiger partial charge in [0, 0.05) is 29.3 Å². The van der Waals surface area contributed by atoms with Crippen molar-refractivity contribution in [3.63, 3.8) is 0 Å². The van der Waals surface area contributed by atoms with Crippen molar-refractivity contribution in [2.45, 2.75) is 94.2 Å². The van der Waals surface area contributed by atoms with Crippen molar-refractivity contribution in [2.24, 2.45) is 11.8 Å². The highest BCUT2D eigenvalue weighted by molar-refractivity contribution is 7.91. The van der Waals surface area contributed by atoms with Crippen LogP contribution in [0.2, 0.25) is 0 Å². The Kier molecular flexibility index (Phi) is 8.89. The summed E-state index contributed by atoms with van der Waals surface area (Å²) < 4.78 is 34.0. The van der Waals surface area contributed by atoms with Gasteiger partial charge in [0.1, 0.15) is 23.7 Å². The van der Waals surface area contributed by atoms with Gasteiger partial charge in [-0.2, -0.15) is 0 Å². The lowest BCUT2D eigenvalue weighted by Gasteiger charge is -2.31. The van der Waals surface area contributed by atoms with Gasteiger partial charge in [-0.05, 0) is 73.9 Å². The predicted octanol–water partition coefficient (Wildman–Crippen LogP) is 3.72. The molecule has 3 amide bonds. The summed E-state index contributed by atoms with van der Waals surface area (Å²) in [4.78, 5) is 52.9. The normalized spacial score (nSPS) is 27.2. The zero-order valence-corrected chi connectivity index (χ0v) is 29.3. The van der Waals surface area contributed by atoms with Gasteiger partial charge in [-0.25, -0.2) is 18.4 Å². The van der Waals surface area contributed by atoms with Crippen LogP contribution in [0.4, 0.5) is 5.13 Å². The van der Waals surface area contributed by atoms with Crippen LogP contribution >= 0.6 is 11.3 Å². The van der Waals surface area contributed by atoms with Crippen LogP contribution in [0, 0.1) is 11.8 Å². The molecule has 1 saturated heterocycles. The topological polar surface area (TPSA) is 160 Å². The number of pyridine rings is 1. The predicted molar refractivity (Wildman–Crippen MR) is 187 cm³/mol. The van der Waals surface area contributed by atoms with Crippen molar-refractivity contribution in [3.05, 3.63) is 59.8 Å². The number of sulfonamides is 1. The fourth-order valence-electron chi connectivity index (χ4n) is 6.94.